The summed E-state index contributed by atoms with van der Waals surface area (Å²) >= 11 is 0. The lowest BCUT2D eigenvalue weighted by atomic mass is 9.91. The van der Waals surface area contributed by atoms with E-state index in [1.54, 1.807) is 14.2 Å². The monoisotopic (exact) mass is 253 g/mol. The van der Waals surface area contributed by atoms with Crippen LogP contribution in [0.15, 0.2) is 12.5 Å². The molecule has 5 heteroatoms. The number of rotatable bonds is 5. The molecule has 1 aromatic heterocycles. The summed E-state index contributed by atoms with van der Waals surface area (Å²) in [5.74, 6) is 0. The molecule has 0 aromatic carbocycles. The first-order chi connectivity index (χ1) is 8.80. The molecule has 1 heterocycles. The van der Waals surface area contributed by atoms with E-state index in [2.05, 4.69) is 14.9 Å². The third-order valence-corrected chi connectivity index (χ3v) is 3.86. The van der Waals surface area contributed by atoms with Crippen LogP contribution in [0.1, 0.15) is 43.7 Å². The van der Waals surface area contributed by atoms with Gasteiger partial charge in [0.15, 0.2) is 6.29 Å². The maximum atomic E-state index is 5.32. The molecule has 0 saturated heterocycles. The van der Waals surface area contributed by atoms with Crippen LogP contribution in [-0.4, -0.2) is 36.9 Å². The number of nitrogens with zero attached hydrogens (tertiary/aromatic N) is 2. The summed E-state index contributed by atoms with van der Waals surface area (Å²) in [5, 5.41) is 3.36. The van der Waals surface area contributed by atoms with Crippen LogP contribution in [0.3, 0.4) is 0 Å². The van der Waals surface area contributed by atoms with Crippen LogP contribution in [0.4, 0.5) is 0 Å². The number of hydrogen-bond acceptors (Lipinski definition) is 4. The van der Waals surface area contributed by atoms with Gasteiger partial charge >= 0.3 is 0 Å². The van der Waals surface area contributed by atoms with Gasteiger partial charge in [0.1, 0.15) is 0 Å². The lowest BCUT2D eigenvalue weighted by molar-refractivity contribution is -0.111. The number of imidazole rings is 1. The molecule has 1 saturated carbocycles. The molecule has 1 aliphatic carbocycles. The predicted molar refractivity (Wildman–Crippen MR) is 69.3 cm³/mol. The standard InChI is InChI=1S/C13H23N3O2/c1-14-10-4-6-11(7-5-10)16-9-15-8-12(16)13(17-2)18-3/h8-11,13-14H,4-7H2,1-3H3. The van der Waals surface area contributed by atoms with Gasteiger partial charge in [0.2, 0.25) is 0 Å². The quantitative estimate of drug-likeness (QED) is 0.814. The number of hydrogen-bond donors (Lipinski definition) is 1. The molecule has 102 valence electrons. The Morgan fingerprint density at radius 2 is 1.94 bits per heavy atom. The molecule has 0 unspecified atom stereocenters. The molecular weight excluding hydrogens is 230 g/mol. The van der Waals surface area contributed by atoms with E-state index in [9.17, 15) is 0 Å². The van der Waals surface area contributed by atoms with Crippen LogP contribution in [0.5, 0.6) is 0 Å². The second-order valence-electron chi connectivity index (χ2n) is 4.82. The van der Waals surface area contributed by atoms with Crippen molar-refractivity contribution in [2.45, 2.75) is 44.1 Å². The number of methoxy groups -OCH3 is 2. The fourth-order valence-corrected chi connectivity index (χ4v) is 2.78. The van der Waals surface area contributed by atoms with Gasteiger partial charge in [-0.25, -0.2) is 4.98 Å². The van der Waals surface area contributed by atoms with Crippen molar-refractivity contribution in [3.8, 4) is 0 Å². The van der Waals surface area contributed by atoms with Gasteiger partial charge in [-0.1, -0.05) is 0 Å². The minimum atomic E-state index is -0.325. The van der Waals surface area contributed by atoms with E-state index in [-0.39, 0.29) is 6.29 Å². The van der Waals surface area contributed by atoms with Crippen molar-refractivity contribution < 1.29 is 9.47 Å². The first-order valence-corrected chi connectivity index (χ1v) is 6.54. The molecular formula is C13H23N3O2. The SMILES string of the molecule is CNC1CCC(n2cncc2C(OC)OC)CC1. The summed E-state index contributed by atoms with van der Waals surface area (Å²) in [4.78, 5) is 4.24. The van der Waals surface area contributed by atoms with E-state index in [1.165, 1.54) is 25.7 Å². The molecule has 18 heavy (non-hydrogen) atoms. The van der Waals surface area contributed by atoms with E-state index >= 15 is 0 Å². The summed E-state index contributed by atoms with van der Waals surface area (Å²) in [5.41, 5.74) is 1.01. The number of aromatic nitrogens is 2. The Kier molecular flexibility index (Phi) is 4.74. The van der Waals surface area contributed by atoms with E-state index in [1.807, 2.05) is 19.6 Å². The van der Waals surface area contributed by atoms with E-state index in [4.69, 9.17) is 9.47 Å². The van der Waals surface area contributed by atoms with E-state index in [0.29, 0.717) is 12.1 Å². The smallest absolute Gasteiger partial charge is 0.200 e. The van der Waals surface area contributed by atoms with E-state index in [0.717, 1.165) is 5.69 Å². The zero-order valence-corrected chi connectivity index (χ0v) is 11.4. The van der Waals surface area contributed by atoms with Crippen molar-refractivity contribution >= 4 is 0 Å². The van der Waals surface area contributed by atoms with Crippen LogP contribution in [-0.2, 0) is 9.47 Å². The summed E-state index contributed by atoms with van der Waals surface area (Å²) in [6.45, 7) is 0. The Bertz CT molecular complexity index is 355. The highest BCUT2D eigenvalue weighted by Gasteiger charge is 2.25. The summed E-state index contributed by atoms with van der Waals surface area (Å²) in [6, 6.07) is 1.17. The number of nitrogens with one attached hydrogen (secondary N) is 1. The molecule has 0 radical (unpaired) electrons. The lowest BCUT2D eigenvalue weighted by Gasteiger charge is -2.30. The fourth-order valence-electron chi connectivity index (χ4n) is 2.78. The average molecular weight is 253 g/mol. The average Bonchev–Trinajstić information content (AvgIpc) is 2.90. The van der Waals surface area contributed by atoms with Crippen molar-refractivity contribution in [2.24, 2.45) is 0 Å². The van der Waals surface area contributed by atoms with Crippen molar-refractivity contribution in [3.05, 3.63) is 18.2 Å². The minimum absolute atomic E-state index is 0.325. The largest absolute Gasteiger partial charge is 0.350 e. The van der Waals surface area contributed by atoms with Crippen LogP contribution < -0.4 is 5.32 Å². The Hall–Kier alpha value is -0.910. The van der Waals surface area contributed by atoms with Gasteiger partial charge in [-0.15, -0.1) is 0 Å². The molecule has 2 rings (SSSR count). The van der Waals surface area contributed by atoms with Crippen LogP contribution in [0, 0.1) is 0 Å². The molecule has 0 amide bonds. The summed E-state index contributed by atoms with van der Waals surface area (Å²) in [6.07, 6.45) is 8.18. The Morgan fingerprint density at radius 1 is 1.28 bits per heavy atom. The maximum Gasteiger partial charge on any atom is 0.200 e. The third kappa shape index (κ3) is 2.74. The molecule has 1 N–H and O–H groups in total. The van der Waals surface area contributed by atoms with Gasteiger partial charge in [0, 0.05) is 26.3 Å². The topological polar surface area (TPSA) is 48.3 Å². The first-order valence-electron chi connectivity index (χ1n) is 6.54. The third-order valence-electron chi connectivity index (χ3n) is 3.86. The molecule has 0 atom stereocenters. The van der Waals surface area contributed by atoms with Gasteiger partial charge in [-0.3, -0.25) is 0 Å². The molecule has 1 fully saturated rings. The molecule has 0 bridgehead atoms. The second kappa shape index (κ2) is 6.31. The maximum absolute atomic E-state index is 5.32. The Morgan fingerprint density at radius 3 is 2.50 bits per heavy atom. The van der Waals surface area contributed by atoms with Gasteiger partial charge in [0.25, 0.3) is 0 Å². The van der Waals surface area contributed by atoms with Gasteiger partial charge in [-0.05, 0) is 32.7 Å². The second-order valence-corrected chi connectivity index (χ2v) is 4.82. The lowest BCUT2D eigenvalue weighted by Crippen LogP contribution is -2.31. The highest BCUT2D eigenvalue weighted by Crippen LogP contribution is 2.31. The van der Waals surface area contributed by atoms with Crippen molar-refractivity contribution in [2.75, 3.05) is 21.3 Å². The molecule has 1 aliphatic rings. The molecule has 5 nitrogen and oxygen atoms in total. The minimum Gasteiger partial charge on any atom is -0.350 e. The first kappa shape index (κ1) is 13.5. The normalized spacial score (nSPS) is 24.7. The van der Waals surface area contributed by atoms with Crippen LogP contribution >= 0.6 is 0 Å². The van der Waals surface area contributed by atoms with Crippen LogP contribution in [0.25, 0.3) is 0 Å². The van der Waals surface area contributed by atoms with Gasteiger partial charge in [-0.2, -0.15) is 0 Å². The molecule has 0 spiro atoms. The highest BCUT2D eigenvalue weighted by molar-refractivity contribution is 5.03. The zero-order valence-electron chi connectivity index (χ0n) is 11.4. The van der Waals surface area contributed by atoms with Crippen LogP contribution in [0.2, 0.25) is 0 Å². The fraction of sp³-hybridized carbons (Fsp3) is 0.769. The summed E-state index contributed by atoms with van der Waals surface area (Å²) < 4.78 is 12.9. The van der Waals surface area contributed by atoms with Crippen molar-refractivity contribution in [3.63, 3.8) is 0 Å². The highest BCUT2D eigenvalue weighted by atomic mass is 16.7. The van der Waals surface area contributed by atoms with Crippen molar-refractivity contribution in [1.82, 2.24) is 14.9 Å². The van der Waals surface area contributed by atoms with Gasteiger partial charge in [0.05, 0.1) is 18.2 Å². The number of ether oxygens (including phenoxy) is 2. The summed E-state index contributed by atoms with van der Waals surface area (Å²) in [7, 11) is 5.35. The van der Waals surface area contributed by atoms with Gasteiger partial charge < -0.3 is 19.4 Å². The Labute approximate surface area is 108 Å². The van der Waals surface area contributed by atoms with Crippen molar-refractivity contribution in [1.29, 1.82) is 0 Å². The Balaban J connectivity index is 2.07. The van der Waals surface area contributed by atoms with E-state index < -0.39 is 0 Å². The molecule has 0 aliphatic heterocycles. The molecule has 1 aromatic rings. The predicted octanol–water partition coefficient (Wildman–Crippen LogP) is 1.88. The zero-order chi connectivity index (χ0) is 13.0.